The van der Waals surface area contributed by atoms with Gasteiger partial charge in [0.25, 0.3) is 0 Å². The topological polar surface area (TPSA) is 113 Å². The molecule has 1 rings (SSSR count). The summed E-state index contributed by atoms with van der Waals surface area (Å²) in [6.45, 7) is 2.28. The summed E-state index contributed by atoms with van der Waals surface area (Å²) in [4.78, 5) is 35.5. The zero-order chi connectivity index (χ0) is 15.1. The van der Waals surface area contributed by atoms with Crippen LogP contribution >= 0.6 is 0 Å². The number of amides is 3. The van der Waals surface area contributed by atoms with Gasteiger partial charge >= 0.3 is 12.0 Å². The van der Waals surface area contributed by atoms with Crippen molar-refractivity contribution in [2.45, 2.75) is 45.1 Å². The molecule has 7 nitrogen and oxygen atoms in total. The first-order valence-corrected chi connectivity index (χ1v) is 7.02. The minimum atomic E-state index is -0.886. The number of hydrogen-bond acceptors (Lipinski definition) is 3. The van der Waals surface area contributed by atoms with Crippen molar-refractivity contribution in [3.63, 3.8) is 0 Å². The van der Waals surface area contributed by atoms with Crippen LogP contribution in [0.1, 0.15) is 39.0 Å². The predicted molar refractivity (Wildman–Crippen MR) is 73.0 cm³/mol. The number of hydrogen-bond donors (Lipinski definition) is 3. The molecule has 1 aliphatic carbocycles. The summed E-state index contributed by atoms with van der Waals surface area (Å²) in [7, 11) is 0. The Labute approximate surface area is 118 Å². The highest BCUT2D eigenvalue weighted by atomic mass is 16.4. The van der Waals surface area contributed by atoms with Gasteiger partial charge in [-0.2, -0.15) is 0 Å². The first-order chi connectivity index (χ1) is 9.45. The van der Waals surface area contributed by atoms with E-state index in [0.717, 1.165) is 19.3 Å². The summed E-state index contributed by atoms with van der Waals surface area (Å²) in [5.74, 6) is -2.00. The maximum atomic E-state index is 12.1. The van der Waals surface area contributed by atoms with Crippen LogP contribution in [0.15, 0.2) is 0 Å². The van der Waals surface area contributed by atoms with Crippen molar-refractivity contribution in [1.29, 1.82) is 0 Å². The normalized spacial score (nSPS) is 21.4. The molecule has 0 heterocycles. The molecule has 7 heteroatoms. The minimum Gasteiger partial charge on any atom is -0.481 e. The summed E-state index contributed by atoms with van der Waals surface area (Å²) < 4.78 is 0. The quantitative estimate of drug-likeness (QED) is 0.633. The number of aliphatic carboxylic acids is 1. The zero-order valence-electron chi connectivity index (χ0n) is 11.8. The van der Waals surface area contributed by atoms with E-state index in [2.05, 4.69) is 5.32 Å². The zero-order valence-corrected chi connectivity index (χ0v) is 11.8. The van der Waals surface area contributed by atoms with Gasteiger partial charge in [0, 0.05) is 12.6 Å². The largest absolute Gasteiger partial charge is 0.481 e. The number of primary amides is 1. The molecular formula is C13H23N3O4. The molecule has 4 N–H and O–H groups in total. The number of nitrogens with zero attached hydrogens (tertiary/aromatic N) is 1. The third kappa shape index (κ3) is 4.71. The van der Waals surface area contributed by atoms with E-state index in [1.165, 1.54) is 4.90 Å². The van der Waals surface area contributed by atoms with E-state index in [1.807, 2.05) is 6.92 Å². The van der Waals surface area contributed by atoms with Gasteiger partial charge < -0.3 is 21.1 Å². The average Bonchev–Trinajstić information content (AvgIpc) is 2.82. The third-order valence-electron chi connectivity index (χ3n) is 3.56. The van der Waals surface area contributed by atoms with Crippen LogP contribution in [0.4, 0.5) is 4.79 Å². The van der Waals surface area contributed by atoms with Crippen LogP contribution < -0.4 is 11.1 Å². The van der Waals surface area contributed by atoms with Gasteiger partial charge in [-0.25, -0.2) is 4.79 Å². The summed E-state index contributed by atoms with van der Waals surface area (Å²) >= 11 is 0. The Morgan fingerprint density at radius 1 is 1.35 bits per heavy atom. The van der Waals surface area contributed by atoms with E-state index in [9.17, 15) is 14.4 Å². The van der Waals surface area contributed by atoms with Crippen LogP contribution in [-0.2, 0) is 9.59 Å². The number of carboxylic acid groups (broad SMARTS) is 1. The Morgan fingerprint density at radius 2 is 2.05 bits per heavy atom. The van der Waals surface area contributed by atoms with Crippen molar-refractivity contribution in [2.75, 3.05) is 13.1 Å². The van der Waals surface area contributed by atoms with Crippen molar-refractivity contribution in [2.24, 2.45) is 11.7 Å². The maximum Gasteiger partial charge on any atom is 0.318 e. The fourth-order valence-electron chi connectivity index (χ4n) is 2.47. The van der Waals surface area contributed by atoms with Crippen LogP contribution in [0.2, 0.25) is 0 Å². The van der Waals surface area contributed by atoms with Crippen LogP contribution in [0.25, 0.3) is 0 Å². The SMILES string of the molecule is CCCCN(CC(N)=O)C(=O)NC1CCCC1C(=O)O. The van der Waals surface area contributed by atoms with Gasteiger partial charge in [0.2, 0.25) is 5.91 Å². The first-order valence-electron chi connectivity index (χ1n) is 7.02. The second-order valence-electron chi connectivity index (χ2n) is 5.17. The molecule has 0 aliphatic heterocycles. The molecule has 1 aliphatic rings. The molecule has 20 heavy (non-hydrogen) atoms. The molecule has 0 aromatic carbocycles. The second-order valence-corrected chi connectivity index (χ2v) is 5.17. The molecule has 1 fully saturated rings. The van der Waals surface area contributed by atoms with Gasteiger partial charge in [-0.15, -0.1) is 0 Å². The molecule has 0 aromatic heterocycles. The summed E-state index contributed by atoms with van der Waals surface area (Å²) in [6.07, 6.45) is 3.68. The lowest BCUT2D eigenvalue weighted by atomic mass is 10.0. The monoisotopic (exact) mass is 285 g/mol. The molecule has 114 valence electrons. The lowest BCUT2D eigenvalue weighted by molar-refractivity contribution is -0.142. The van der Waals surface area contributed by atoms with Gasteiger partial charge in [-0.3, -0.25) is 9.59 Å². The van der Waals surface area contributed by atoms with Crippen LogP contribution in [0.3, 0.4) is 0 Å². The Bertz CT molecular complexity index is 373. The van der Waals surface area contributed by atoms with Crippen molar-refractivity contribution in [3.05, 3.63) is 0 Å². The molecule has 0 radical (unpaired) electrons. The predicted octanol–water partition coefficient (Wildman–Crippen LogP) is 0.537. The fraction of sp³-hybridized carbons (Fsp3) is 0.769. The van der Waals surface area contributed by atoms with E-state index in [0.29, 0.717) is 19.4 Å². The highest BCUT2D eigenvalue weighted by Crippen LogP contribution is 2.25. The Hall–Kier alpha value is -1.79. The molecule has 3 amide bonds. The Kier molecular flexibility index (Phi) is 6.27. The first kappa shape index (κ1) is 16.3. The van der Waals surface area contributed by atoms with Crippen molar-refractivity contribution < 1.29 is 19.5 Å². The van der Waals surface area contributed by atoms with Gasteiger partial charge in [0.05, 0.1) is 5.92 Å². The Morgan fingerprint density at radius 3 is 2.60 bits per heavy atom. The number of urea groups is 1. The highest BCUT2D eigenvalue weighted by Gasteiger charge is 2.34. The highest BCUT2D eigenvalue weighted by molar-refractivity contribution is 5.83. The number of carbonyl (C=O) groups is 3. The number of nitrogens with two attached hydrogens (primary N) is 1. The van der Waals surface area contributed by atoms with E-state index >= 15 is 0 Å². The smallest absolute Gasteiger partial charge is 0.318 e. The molecule has 0 spiro atoms. The van der Waals surface area contributed by atoms with Crippen molar-refractivity contribution in [3.8, 4) is 0 Å². The number of carboxylic acids is 1. The van der Waals surface area contributed by atoms with E-state index in [4.69, 9.17) is 10.8 Å². The minimum absolute atomic E-state index is 0.143. The summed E-state index contributed by atoms with van der Waals surface area (Å²) in [5.41, 5.74) is 5.13. The van der Waals surface area contributed by atoms with E-state index < -0.39 is 23.8 Å². The standard InChI is InChI=1S/C13H23N3O4/c1-2-3-7-16(8-11(14)17)13(20)15-10-6-4-5-9(10)12(18)19/h9-10H,2-8H2,1H3,(H2,14,17)(H,15,20)(H,18,19). The molecule has 2 atom stereocenters. The molecular weight excluding hydrogens is 262 g/mol. The van der Waals surface area contributed by atoms with Crippen LogP contribution in [0.5, 0.6) is 0 Å². The number of nitrogens with one attached hydrogen (secondary N) is 1. The summed E-state index contributed by atoms with van der Waals surface area (Å²) in [6, 6.07) is -0.771. The van der Waals surface area contributed by atoms with E-state index in [-0.39, 0.29) is 12.6 Å². The van der Waals surface area contributed by atoms with Gasteiger partial charge in [0.15, 0.2) is 0 Å². The van der Waals surface area contributed by atoms with Crippen molar-refractivity contribution in [1.82, 2.24) is 10.2 Å². The second kappa shape index (κ2) is 7.72. The third-order valence-corrected chi connectivity index (χ3v) is 3.56. The van der Waals surface area contributed by atoms with Crippen LogP contribution in [-0.4, -0.2) is 47.0 Å². The fourth-order valence-corrected chi connectivity index (χ4v) is 2.47. The Balaban J connectivity index is 2.60. The van der Waals surface area contributed by atoms with E-state index in [1.54, 1.807) is 0 Å². The number of carbonyl (C=O) groups excluding carboxylic acids is 2. The molecule has 0 bridgehead atoms. The van der Waals surface area contributed by atoms with Crippen molar-refractivity contribution >= 4 is 17.9 Å². The maximum absolute atomic E-state index is 12.1. The van der Waals surface area contributed by atoms with Gasteiger partial charge in [0.1, 0.15) is 6.54 Å². The number of rotatable bonds is 7. The van der Waals surface area contributed by atoms with Gasteiger partial charge in [-0.1, -0.05) is 19.8 Å². The lowest BCUT2D eigenvalue weighted by Crippen LogP contribution is -2.49. The molecule has 2 unspecified atom stereocenters. The van der Waals surface area contributed by atoms with Crippen LogP contribution in [0, 0.1) is 5.92 Å². The number of unbranched alkanes of at least 4 members (excludes halogenated alkanes) is 1. The van der Waals surface area contributed by atoms with Gasteiger partial charge in [-0.05, 0) is 19.3 Å². The summed E-state index contributed by atoms with van der Waals surface area (Å²) in [5, 5.41) is 11.8. The molecule has 0 aromatic rings. The molecule has 1 saturated carbocycles. The molecule has 0 saturated heterocycles. The lowest BCUT2D eigenvalue weighted by Gasteiger charge is -2.25. The average molecular weight is 285 g/mol.